The van der Waals surface area contributed by atoms with Crippen LogP contribution in [0.3, 0.4) is 0 Å². The van der Waals surface area contributed by atoms with Crippen molar-refractivity contribution in [2.24, 2.45) is 0 Å². The first-order valence-corrected chi connectivity index (χ1v) is 8.34. The van der Waals surface area contributed by atoms with Crippen LogP contribution in [0.2, 0.25) is 0 Å². The van der Waals surface area contributed by atoms with Crippen LogP contribution in [0.15, 0.2) is 22.8 Å². The molecule has 6 heteroatoms. The Kier molecular flexibility index (Phi) is 3.05. The summed E-state index contributed by atoms with van der Waals surface area (Å²) in [6.45, 7) is 0. The van der Waals surface area contributed by atoms with Gasteiger partial charge in [-0.1, -0.05) is 0 Å². The van der Waals surface area contributed by atoms with Gasteiger partial charge in [0.05, 0.1) is 18.9 Å². The standard InChI is InChI=1S/C14H15NO4S/c1-20(17,18)15-14(16)7-11-8-19-13-6-10-4-2-3-9(10)5-12(11)13/h5-6,8H,2-4,7H2,1H3,(H,15,16). The van der Waals surface area contributed by atoms with E-state index in [0.29, 0.717) is 0 Å². The summed E-state index contributed by atoms with van der Waals surface area (Å²) in [5.74, 6) is -0.546. The van der Waals surface area contributed by atoms with E-state index in [1.807, 2.05) is 10.8 Å². The van der Waals surface area contributed by atoms with Crippen LogP contribution in [-0.2, 0) is 34.1 Å². The van der Waals surface area contributed by atoms with Crippen LogP contribution in [-0.4, -0.2) is 20.6 Å². The van der Waals surface area contributed by atoms with Gasteiger partial charge < -0.3 is 4.42 Å². The van der Waals surface area contributed by atoms with Crippen molar-refractivity contribution in [3.8, 4) is 0 Å². The molecule has 1 aliphatic carbocycles. The van der Waals surface area contributed by atoms with Crippen molar-refractivity contribution in [2.45, 2.75) is 25.7 Å². The molecule has 106 valence electrons. The molecule has 2 aromatic rings. The van der Waals surface area contributed by atoms with Crippen LogP contribution in [0.1, 0.15) is 23.1 Å². The molecule has 0 fully saturated rings. The van der Waals surface area contributed by atoms with E-state index >= 15 is 0 Å². The maximum atomic E-state index is 11.7. The molecule has 1 heterocycles. The highest BCUT2D eigenvalue weighted by Gasteiger charge is 2.17. The summed E-state index contributed by atoms with van der Waals surface area (Å²) in [6.07, 6.45) is 5.75. The molecule has 1 aliphatic rings. The minimum Gasteiger partial charge on any atom is -0.464 e. The number of rotatable bonds is 3. The van der Waals surface area contributed by atoms with Gasteiger partial charge in [0.25, 0.3) is 0 Å². The highest BCUT2D eigenvalue weighted by molar-refractivity contribution is 7.89. The number of carbonyl (C=O) groups is 1. The first-order chi connectivity index (χ1) is 9.42. The molecule has 1 amide bonds. The van der Waals surface area contributed by atoms with Crippen molar-refractivity contribution in [1.29, 1.82) is 0 Å². The molecule has 0 aliphatic heterocycles. The lowest BCUT2D eigenvalue weighted by Gasteiger charge is -2.02. The third-order valence-electron chi connectivity index (χ3n) is 3.52. The van der Waals surface area contributed by atoms with Gasteiger partial charge in [0, 0.05) is 10.9 Å². The third-order valence-corrected chi connectivity index (χ3v) is 4.12. The van der Waals surface area contributed by atoms with E-state index < -0.39 is 15.9 Å². The lowest BCUT2D eigenvalue weighted by atomic mass is 10.0. The largest absolute Gasteiger partial charge is 0.464 e. The van der Waals surface area contributed by atoms with Crippen molar-refractivity contribution in [3.63, 3.8) is 0 Å². The second-order valence-electron chi connectivity index (χ2n) is 5.21. The second-order valence-corrected chi connectivity index (χ2v) is 6.95. The van der Waals surface area contributed by atoms with Crippen molar-refractivity contribution >= 4 is 26.9 Å². The Balaban J connectivity index is 1.91. The first kappa shape index (κ1) is 13.2. The normalized spacial score (nSPS) is 14.4. The fraction of sp³-hybridized carbons (Fsp3) is 0.357. The molecule has 5 nitrogen and oxygen atoms in total. The zero-order chi connectivity index (χ0) is 14.3. The fourth-order valence-electron chi connectivity index (χ4n) is 2.70. The number of amides is 1. The molecule has 1 aromatic carbocycles. The van der Waals surface area contributed by atoms with Gasteiger partial charge >= 0.3 is 0 Å². The van der Waals surface area contributed by atoms with Crippen molar-refractivity contribution < 1.29 is 17.6 Å². The van der Waals surface area contributed by atoms with Crippen molar-refractivity contribution in [2.75, 3.05) is 6.26 Å². The lowest BCUT2D eigenvalue weighted by Crippen LogP contribution is -2.30. The van der Waals surface area contributed by atoms with Crippen LogP contribution >= 0.6 is 0 Å². The average Bonchev–Trinajstić information content (AvgIpc) is 2.91. The van der Waals surface area contributed by atoms with E-state index in [2.05, 4.69) is 6.07 Å². The van der Waals surface area contributed by atoms with Gasteiger partial charge in [0.2, 0.25) is 15.9 Å². The van der Waals surface area contributed by atoms with Gasteiger partial charge in [-0.05, 0) is 42.5 Å². The zero-order valence-electron chi connectivity index (χ0n) is 11.1. The maximum Gasteiger partial charge on any atom is 0.237 e. The van der Waals surface area contributed by atoms with Crippen molar-refractivity contribution in [3.05, 3.63) is 35.1 Å². The molecule has 0 atom stereocenters. The lowest BCUT2D eigenvalue weighted by molar-refractivity contribution is -0.118. The summed E-state index contributed by atoms with van der Waals surface area (Å²) >= 11 is 0. The molecule has 20 heavy (non-hydrogen) atoms. The molecule has 0 bridgehead atoms. The highest BCUT2D eigenvalue weighted by atomic mass is 32.2. The molecule has 1 N–H and O–H groups in total. The quantitative estimate of drug-likeness (QED) is 0.931. The van der Waals surface area contributed by atoms with Gasteiger partial charge in [0.1, 0.15) is 5.58 Å². The SMILES string of the molecule is CS(=O)(=O)NC(=O)Cc1coc2cc3c(cc12)CCC3. The number of benzene rings is 1. The molecule has 0 spiro atoms. The number of hydrogen-bond donors (Lipinski definition) is 1. The number of fused-ring (bicyclic) bond motifs is 2. The Morgan fingerprint density at radius 2 is 2.00 bits per heavy atom. The minimum atomic E-state index is -3.52. The summed E-state index contributed by atoms with van der Waals surface area (Å²) in [6, 6.07) is 4.08. The van der Waals surface area contributed by atoms with Crippen molar-refractivity contribution in [1.82, 2.24) is 4.72 Å². The molecule has 0 unspecified atom stereocenters. The predicted octanol–water partition coefficient (Wildman–Crippen LogP) is 1.54. The molecule has 3 rings (SSSR count). The van der Waals surface area contributed by atoms with Gasteiger partial charge in [-0.3, -0.25) is 9.52 Å². The summed E-state index contributed by atoms with van der Waals surface area (Å²) in [5.41, 5.74) is 4.08. The Morgan fingerprint density at radius 3 is 2.70 bits per heavy atom. The first-order valence-electron chi connectivity index (χ1n) is 6.45. The molecular weight excluding hydrogens is 278 g/mol. The third kappa shape index (κ3) is 2.56. The second kappa shape index (κ2) is 4.63. The topological polar surface area (TPSA) is 76.4 Å². The van der Waals surface area contributed by atoms with Gasteiger partial charge in [-0.15, -0.1) is 0 Å². The number of furan rings is 1. The number of sulfonamides is 1. The van der Waals surface area contributed by atoms with Crippen LogP contribution in [0.4, 0.5) is 0 Å². The molecule has 0 radical (unpaired) electrons. The fourth-order valence-corrected chi connectivity index (χ4v) is 3.19. The summed E-state index contributed by atoms with van der Waals surface area (Å²) < 4.78 is 29.5. The smallest absolute Gasteiger partial charge is 0.237 e. The molecule has 0 saturated heterocycles. The molecule has 1 aromatic heterocycles. The highest BCUT2D eigenvalue weighted by Crippen LogP contribution is 2.30. The zero-order valence-corrected chi connectivity index (χ0v) is 11.9. The number of aryl methyl sites for hydroxylation is 2. The maximum absolute atomic E-state index is 11.7. The number of nitrogens with one attached hydrogen (secondary N) is 1. The Bertz CT molecular complexity index is 789. The average molecular weight is 293 g/mol. The van der Waals surface area contributed by atoms with Gasteiger partial charge in [-0.2, -0.15) is 0 Å². The summed E-state index contributed by atoms with van der Waals surface area (Å²) in [5, 5.41) is 0.898. The van der Waals surface area contributed by atoms with Crippen LogP contribution in [0.25, 0.3) is 11.0 Å². The monoisotopic (exact) mass is 293 g/mol. The summed E-state index contributed by atoms with van der Waals surface area (Å²) in [7, 11) is -3.52. The van der Waals surface area contributed by atoms with E-state index in [4.69, 9.17) is 4.42 Å². The Labute approximate surface area is 117 Å². The Morgan fingerprint density at radius 1 is 1.30 bits per heavy atom. The van der Waals surface area contributed by atoms with Gasteiger partial charge in [-0.25, -0.2) is 8.42 Å². The van der Waals surface area contributed by atoms with E-state index in [1.165, 1.54) is 17.4 Å². The molecule has 0 saturated carbocycles. The van der Waals surface area contributed by atoms with E-state index in [1.54, 1.807) is 0 Å². The number of carbonyl (C=O) groups excluding carboxylic acids is 1. The Hall–Kier alpha value is -1.82. The number of hydrogen-bond acceptors (Lipinski definition) is 4. The van der Waals surface area contributed by atoms with Crippen LogP contribution in [0, 0.1) is 0 Å². The van der Waals surface area contributed by atoms with Gasteiger partial charge in [0.15, 0.2) is 0 Å². The van der Waals surface area contributed by atoms with Crippen LogP contribution in [0.5, 0.6) is 0 Å². The van der Waals surface area contributed by atoms with Crippen LogP contribution < -0.4 is 4.72 Å². The summed E-state index contributed by atoms with van der Waals surface area (Å²) in [4.78, 5) is 11.7. The van der Waals surface area contributed by atoms with E-state index in [0.717, 1.165) is 42.1 Å². The minimum absolute atomic E-state index is 0.00113. The van der Waals surface area contributed by atoms with E-state index in [9.17, 15) is 13.2 Å². The molecular formula is C14H15NO4S. The van der Waals surface area contributed by atoms with E-state index in [-0.39, 0.29) is 6.42 Å². The predicted molar refractivity (Wildman–Crippen MR) is 74.9 cm³/mol.